The molecule has 2 heterocycles. The Morgan fingerprint density at radius 2 is 1.74 bits per heavy atom. The van der Waals surface area contributed by atoms with E-state index in [0.29, 0.717) is 0 Å². The van der Waals surface area contributed by atoms with Crippen molar-refractivity contribution < 1.29 is 111 Å². The number of para-hydroxylation sites is 1. The van der Waals surface area contributed by atoms with Gasteiger partial charge in [0.15, 0.2) is 6.23 Å². The van der Waals surface area contributed by atoms with Gasteiger partial charge >= 0.3 is 64.8 Å². The van der Waals surface area contributed by atoms with Crippen LogP contribution in [0.3, 0.4) is 0 Å². The standard InChI is InChI=1S/C18H23N3O13P2.2Na/c1-10(22)19-12-5-3-2-4-11(12)8-31-35(27,28)34-36(29,30)32-9-13-15(24)16(25)17(33-13)21-7-6-14(23)20-18(21)26;;/h2-7,13,15-17,24-25H,8-9H2,1H3,(H,19,22)(H,27,28)(H,29,30)(H,20,23,26);;/q;2*+1/p-2/t13-,15-,16-,17-;;/m1../s1. The van der Waals surface area contributed by atoms with Gasteiger partial charge in [0.05, 0.1) is 13.2 Å². The van der Waals surface area contributed by atoms with Crippen molar-refractivity contribution >= 4 is 27.2 Å². The number of nitrogens with one attached hydrogen (secondary N) is 2. The van der Waals surface area contributed by atoms with E-state index in [0.717, 1.165) is 16.8 Å². The summed E-state index contributed by atoms with van der Waals surface area (Å²) in [6.45, 7) is -0.447. The molecule has 0 bridgehead atoms. The van der Waals surface area contributed by atoms with E-state index in [9.17, 15) is 43.5 Å². The summed E-state index contributed by atoms with van der Waals surface area (Å²) in [5.74, 6) is -0.435. The fourth-order valence-electron chi connectivity index (χ4n) is 3.17. The van der Waals surface area contributed by atoms with Gasteiger partial charge in [-0.15, -0.1) is 0 Å². The summed E-state index contributed by atoms with van der Waals surface area (Å²) in [6, 6.07) is 6.93. The summed E-state index contributed by atoms with van der Waals surface area (Å²) >= 11 is 0. The Hall–Kier alpha value is -0.490. The second-order valence-corrected chi connectivity index (χ2v) is 10.4. The van der Waals surface area contributed by atoms with E-state index in [4.69, 9.17) is 4.74 Å². The number of carbonyl (C=O) groups is 1. The quantitative estimate of drug-likeness (QED) is 0.148. The summed E-state index contributed by atoms with van der Waals surface area (Å²) in [4.78, 5) is 60.3. The number of anilines is 1. The van der Waals surface area contributed by atoms with Crippen LogP contribution in [0.15, 0.2) is 46.1 Å². The number of amides is 1. The molecule has 198 valence electrons. The smallest absolute Gasteiger partial charge is 0.756 e. The maximum atomic E-state index is 12.0. The number of nitrogens with zero attached hydrogens (tertiary/aromatic N) is 1. The first-order valence-electron chi connectivity index (χ1n) is 10.1. The molecule has 1 aliphatic heterocycles. The molecule has 1 amide bonds. The number of hydrogen-bond donors (Lipinski definition) is 4. The molecule has 1 saturated heterocycles. The minimum Gasteiger partial charge on any atom is -0.756 e. The molecule has 4 N–H and O–H groups in total. The molecule has 1 aromatic carbocycles. The van der Waals surface area contributed by atoms with Gasteiger partial charge in [-0.2, -0.15) is 0 Å². The number of benzene rings is 1. The molecule has 1 aromatic heterocycles. The number of aliphatic hydroxyl groups is 2. The van der Waals surface area contributed by atoms with Crippen LogP contribution in [0.2, 0.25) is 0 Å². The Morgan fingerprint density at radius 1 is 1.11 bits per heavy atom. The van der Waals surface area contributed by atoms with Gasteiger partial charge in [-0.25, -0.2) is 9.11 Å². The van der Waals surface area contributed by atoms with Gasteiger partial charge in [0.25, 0.3) is 21.2 Å². The summed E-state index contributed by atoms with van der Waals surface area (Å²) in [7, 11) is -11.1. The van der Waals surface area contributed by atoms with Gasteiger partial charge < -0.3 is 39.1 Å². The second-order valence-electron chi connectivity index (χ2n) is 7.45. The third kappa shape index (κ3) is 9.85. The predicted molar refractivity (Wildman–Crippen MR) is 115 cm³/mol. The van der Waals surface area contributed by atoms with E-state index in [1.807, 2.05) is 4.98 Å². The SMILES string of the molecule is CC(=O)Nc1ccccc1COP(=O)([O-])OP(=O)([O-])OC[C@H]1O[C@@H](n2ccc(=O)[nH]c2=O)[C@H](O)[C@@H]1O.[Na+].[Na+]. The van der Waals surface area contributed by atoms with Crippen molar-refractivity contribution in [2.45, 2.75) is 38.1 Å². The van der Waals surface area contributed by atoms with Crippen molar-refractivity contribution in [3.63, 3.8) is 0 Å². The molecule has 2 unspecified atom stereocenters. The van der Waals surface area contributed by atoms with Gasteiger partial charge in [0, 0.05) is 30.4 Å². The molecular weight excluding hydrogens is 574 g/mol. The molecule has 3 rings (SSSR count). The third-order valence-corrected chi connectivity index (χ3v) is 7.28. The second kappa shape index (κ2) is 14.9. The fraction of sp³-hybridized carbons (Fsp3) is 0.389. The molecule has 0 spiro atoms. The Balaban J connectivity index is 0.00000361. The number of rotatable bonds is 10. The Kier molecular flexibility index (Phi) is 14.0. The number of ether oxygens (including phenoxy) is 1. The number of hydrogen-bond acceptors (Lipinski definition) is 13. The van der Waals surface area contributed by atoms with Crippen LogP contribution in [0.4, 0.5) is 5.69 Å². The van der Waals surface area contributed by atoms with Crippen LogP contribution >= 0.6 is 15.6 Å². The van der Waals surface area contributed by atoms with Crippen LogP contribution in [0.1, 0.15) is 18.7 Å². The maximum absolute atomic E-state index is 12.0. The topological polar surface area (TPSA) is 242 Å². The van der Waals surface area contributed by atoms with Crippen molar-refractivity contribution in [3.05, 3.63) is 62.9 Å². The molecule has 0 saturated carbocycles. The van der Waals surface area contributed by atoms with Crippen molar-refractivity contribution in [2.75, 3.05) is 11.9 Å². The molecular formula is C18H21N3Na2O13P2. The number of carbonyl (C=O) groups excluding carboxylic acids is 1. The number of phosphoric acid groups is 2. The number of aromatic nitrogens is 2. The zero-order valence-electron chi connectivity index (χ0n) is 20.4. The Labute approximate surface area is 259 Å². The van der Waals surface area contributed by atoms with E-state index in [1.165, 1.54) is 25.1 Å². The fourth-order valence-corrected chi connectivity index (χ4v) is 5.15. The first-order valence-corrected chi connectivity index (χ1v) is 13.0. The van der Waals surface area contributed by atoms with Crippen LogP contribution in [-0.2, 0) is 38.6 Å². The summed E-state index contributed by atoms with van der Waals surface area (Å²) in [5, 5.41) is 22.7. The molecule has 2 aromatic rings. The van der Waals surface area contributed by atoms with Gasteiger partial charge in [-0.3, -0.25) is 28.3 Å². The average molecular weight is 595 g/mol. The van der Waals surface area contributed by atoms with Crippen LogP contribution in [0.5, 0.6) is 0 Å². The summed E-state index contributed by atoms with van der Waals surface area (Å²) < 4.78 is 43.1. The van der Waals surface area contributed by atoms with Gasteiger partial charge in [0.2, 0.25) is 5.91 Å². The van der Waals surface area contributed by atoms with Crippen LogP contribution in [-0.4, -0.2) is 50.6 Å². The van der Waals surface area contributed by atoms with E-state index < -0.39 is 70.6 Å². The van der Waals surface area contributed by atoms with Crippen LogP contribution < -0.4 is 85.5 Å². The first kappa shape index (κ1) is 35.5. The summed E-state index contributed by atoms with van der Waals surface area (Å²) in [5.41, 5.74) is -1.26. The normalized spacial score (nSPS) is 23.8. The maximum Gasteiger partial charge on any atom is 1.00 e. The van der Waals surface area contributed by atoms with Crippen molar-refractivity contribution in [2.24, 2.45) is 0 Å². The molecule has 38 heavy (non-hydrogen) atoms. The molecule has 6 atom stereocenters. The average Bonchev–Trinajstić information content (AvgIpc) is 3.05. The van der Waals surface area contributed by atoms with E-state index >= 15 is 0 Å². The Bertz CT molecular complexity index is 1320. The van der Waals surface area contributed by atoms with E-state index in [1.54, 1.807) is 6.07 Å². The minimum atomic E-state index is -5.59. The summed E-state index contributed by atoms with van der Waals surface area (Å²) in [6.07, 6.45) is -5.54. The number of phosphoric ester groups is 2. The molecule has 1 fully saturated rings. The zero-order chi connectivity index (χ0) is 26.7. The minimum absolute atomic E-state index is 0. The monoisotopic (exact) mass is 595 g/mol. The van der Waals surface area contributed by atoms with Crippen molar-refractivity contribution in [1.82, 2.24) is 9.55 Å². The number of aliphatic hydroxyl groups excluding tert-OH is 2. The molecule has 1 aliphatic rings. The van der Waals surface area contributed by atoms with Crippen molar-refractivity contribution in [3.8, 4) is 0 Å². The molecule has 20 heteroatoms. The zero-order valence-corrected chi connectivity index (χ0v) is 26.2. The molecule has 16 nitrogen and oxygen atoms in total. The van der Waals surface area contributed by atoms with Gasteiger partial charge in [-0.05, 0) is 6.07 Å². The van der Waals surface area contributed by atoms with Gasteiger partial charge in [-0.1, -0.05) is 18.2 Å². The largest absolute Gasteiger partial charge is 1.00 e. The van der Waals surface area contributed by atoms with Crippen LogP contribution in [0, 0.1) is 0 Å². The van der Waals surface area contributed by atoms with Crippen molar-refractivity contribution in [1.29, 1.82) is 0 Å². The number of aromatic amines is 1. The third-order valence-electron chi connectivity index (χ3n) is 4.77. The van der Waals surface area contributed by atoms with E-state index in [2.05, 4.69) is 18.7 Å². The molecule has 0 radical (unpaired) electrons. The van der Waals surface area contributed by atoms with E-state index in [-0.39, 0.29) is 70.4 Å². The number of H-pyrrole nitrogens is 1. The van der Waals surface area contributed by atoms with Gasteiger partial charge in [0.1, 0.15) is 18.3 Å². The predicted octanol–water partition coefficient (Wildman–Crippen LogP) is -7.69. The van der Waals surface area contributed by atoms with Crippen LogP contribution in [0.25, 0.3) is 0 Å². The first-order chi connectivity index (χ1) is 16.8. The molecule has 0 aliphatic carbocycles. The Morgan fingerprint density at radius 3 is 2.37 bits per heavy atom.